The molecule has 2 saturated heterocycles. The molecule has 1 spiro atoms. The Labute approximate surface area is 210 Å². The van der Waals surface area contributed by atoms with Gasteiger partial charge in [-0.3, -0.25) is 4.90 Å². The Balaban J connectivity index is 0.000000286. The molecule has 0 aromatic carbocycles. The maximum absolute atomic E-state index is 10.6. The monoisotopic (exact) mass is 559 g/mol. The molecule has 2 aromatic rings. The Hall–Kier alpha value is -3.05. The van der Waals surface area contributed by atoms with Gasteiger partial charge in [0.1, 0.15) is 5.01 Å². The topological polar surface area (TPSA) is 129 Å². The molecule has 2 aliphatic rings. The van der Waals surface area contributed by atoms with Gasteiger partial charge in [-0.05, 0) is 19.0 Å². The normalized spacial score (nSPS) is 20.3. The molecule has 2 fully saturated rings. The van der Waals surface area contributed by atoms with Crippen LogP contribution in [0.4, 0.5) is 32.3 Å². The highest BCUT2D eigenvalue weighted by molar-refractivity contribution is 7.09. The summed E-state index contributed by atoms with van der Waals surface area (Å²) in [7, 11) is 0. The lowest BCUT2D eigenvalue weighted by Crippen LogP contribution is -2.41. The molecule has 2 N–H and O–H groups in total. The van der Waals surface area contributed by atoms with E-state index in [4.69, 9.17) is 24.5 Å². The molecular formula is C20H23F6N5O5S. The van der Waals surface area contributed by atoms with Crippen LogP contribution in [0, 0.1) is 5.41 Å². The van der Waals surface area contributed by atoms with Gasteiger partial charge < -0.3 is 19.8 Å². The Morgan fingerprint density at radius 1 is 0.973 bits per heavy atom. The first kappa shape index (κ1) is 30.2. The molecular weight excluding hydrogens is 536 g/mol. The van der Waals surface area contributed by atoms with Crippen molar-refractivity contribution < 1.29 is 50.9 Å². The van der Waals surface area contributed by atoms with E-state index in [1.807, 2.05) is 30.0 Å². The van der Waals surface area contributed by atoms with Crippen LogP contribution < -0.4 is 4.90 Å². The number of carboxylic acid groups (broad SMARTS) is 2. The van der Waals surface area contributed by atoms with Gasteiger partial charge in [0.2, 0.25) is 5.95 Å². The quantitative estimate of drug-likeness (QED) is 0.542. The minimum atomic E-state index is -5.08. The molecule has 0 bridgehead atoms. The van der Waals surface area contributed by atoms with Gasteiger partial charge in [-0.15, -0.1) is 11.3 Å². The van der Waals surface area contributed by atoms with E-state index in [-0.39, 0.29) is 5.41 Å². The number of carbonyl (C=O) groups is 2. The van der Waals surface area contributed by atoms with Crippen molar-refractivity contribution in [2.45, 2.75) is 25.3 Å². The van der Waals surface area contributed by atoms with Gasteiger partial charge in [-0.25, -0.2) is 24.5 Å². The molecule has 0 aliphatic carbocycles. The molecule has 4 rings (SSSR count). The highest BCUT2D eigenvalue weighted by atomic mass is 32.1. The minimum absolute atomic E-state index is 0.174. The number of hydrogen-bond donors (Lipinski definition) is 2. The van der Waals surface area contributed by atoms with Crippen LogP contribution in [-0.2, 0) is 20.9 Å². The van der Waals surface area contributed by atoms with Gasteiger partial charge in [0.05, 0.1) is 19.8 Å². The van der Waals surface area contributed by atoms with Gasteiger partial charge in [0.15, 0.2) is 0 Å². The van der Waals surface area contributed by atoms with Crippen molar-refractivity contribution in [2.75, 3.05) is 44.3 Å². The van der Waals surface area contributed by atoms with E-state index in [1.165, 1.54) is 5.01 Å². The standard InChI is InChI=1S/C16H21N5OS.2C2HF3O2/c1-3-18-15(19-4-1)21-7-8-22-13-16(12-21)2-6-20(11-16)10-14-17-5-9-23-14;2*3-2(4,5)1(6)7/h1,3-5,9H,2,6-8,10-13H2;2*(H,6,7). The predicted octanol–water partition coefficient (Wildman–Crippen LogP) is 2.93. The number of halogens is 6. The number of nitrogens with zero attached hydrogens (tertiary/aromatic N) is 5. The molecule has 2 aromatic heterocycles. The SMILES string of the molecule is O=C(O)C(F)(F)F.O=C(O)C(F)(F)F.c1cnc(N2CCOCC3(CCN(Cc4nccs4)C3)C2)nc1. The molecule has 0 saturated carbocycles. The summed E-state index contributed by atoms with van der Waals surface area (Å²) < 4.78 is 69.4. The second-order valence-electron chi connectivity index (χ2n) is 8.02. The van der Waals surface area contributed by atoms with E-state index in [2.05, 4.69) is 24.8 Å². The largest absolute Gasteiger partial charge is 0.490 e. The summed E-state index contributed by atoms with van der Waals surface area (Å²) in [6, 6.07) is 1.86. The average Bonchev–Trinajstić information content (AvgIpc) is 3.41. The van der Waals surface area contributed by atoms with Gasteiger partial charge in [0.25, 0.3) is 0 Å². The Kier molecular flexibility index (Phi) is 10.6. The average molecular weight is 559 g/mol. The van der Waals surface area contributed by atoms with E-state index >= 15 is 0 Å². The number of ether oxygens (including phenoxy) is 1. The number of anilines is 1. The maximum atomic E-state index is 10.6. The summed E-state index contributed by atoms with van der Waals surface area (Å²) in [4.78, 5) is 35.8. The molecule has 1 atom stereocenters. The zero-order valence-corrected chi connectivity index (χ0v) is 19.9. The Bertz CT molecular complexity index is 972. The van der Waals surface area contributed by atoms with Crippen LogP contribution in [-0.4, -0.2) is 93.7 Å². The van der Waals surface area contributed by atoms with Crippen LogP contribution in [0.5, 0.6) is 0 Å². The van der Waals surface area contributed by atoms with Crippen LogP contribution >= 0.6 is 11.3 Å². The number of carboxylic acids is 2. The van der Waals surface area contributed by atoms with Crippen LogP contribution in [0.2, 0.25) is 0 Å². The van der Waals surface area contributed by atoms with E-state index in [0.29, 0.717) is 0 Å². The first-order valence-corrected chi connectivity index (χ1v) is 11.4. The first-order valence-electron chi connectivity index (χ1n) is 10.5. The fraction of sp³-hybridized carbons (Fsp3) is 0.550. The summed E-state index contributed by atoms with van der Waals surface area (Å²) in [5, 5.41) is 17.5. The van der Waals surface area contributed by atoms with E-state index in [0.717, 1.165) is 58.3 Å². The Morgan fingerprint density at radius 3 is 2.08 bits per heavy atom. The van der Waals surface area contributed by atoms with Crippen molar-refractivity contribution in [3.63, 3.8) is 0 Å². The number of rotatable bonds is 3. The minimum Gasteiger partial charge on any atom is -0.475 e. The molecule has 10 nitrogen and oxygen atoms in total. The van der Waals surface area contributed by atoms with Crippen LogP contribution in [0.3, 0.4) is 0 Å². The molecule has 0 amide bonds. The first-order chi connectivity index (χ1) is 17.2. The fourth-order valence-electron chi connectivity index (χ4n) is 3.55. The predicted molar refractivity (Wildman–Crippen MR) is 117 cm³/mol. The fourth-order valence-corrected chi connectivity index (χ4v) is 4.21. The van der Waals surface area contributed by atoms with E-state index in [1.54, 1.807) is 11.3 Å². The number of aromatic nitrogens is 3. The number of hydrogen-bond acceptors (Lipinski definition) is 9. The lowest BCUT2D eigenvalue weighted by atomic mass is 9.87. The molecule has 206 valence electrons. The third-order valence-electron chi connectivity index (χ3n) is 5.12. The van der Waals surface area contributed by atoms with Crippen LogP contribution in [0.15, 0.2) is 30.0 Å². The second-order valence-corrected chi connectivity index (χ2v) is 8.99. The summed E-state index contributed by atoms with van der Waals surface area (Å²) in [5.74, 6) is -4.70. The van der Waals surface area contributed by atoms with Crippen molar-refractivity contribution in [3.8, 4) is 0 Å². The third-order valence-corrected chi connectivity index (χ3v) is 5.88. The zero-order chi connectivity index (χ0) is 27.7. The van der Waals surface area contributed by atoms with Gasteiger partial charge in [0, 0.05) is 49.0 Å². The second kappa shape index (κ2) is 13.0. The highest BCUT2D eigenvalue weighted by Gasteiger charge is 2.42. The molecule has 1 unspecified atom stereocenters. The number of likely N-dealkylation sites (tertiary alicyclic amines) is 1. The van der Waals surface area contributed by atoms with E-state index < -0.39 is 24.3 Å². The van der Waals surface area contributed by atoms with Crippen molar-refractivity contribution in [3.05, 3.63) is 35.0 Å². The summed E-state index contributed by atoms with van der Waals surface area (Å²) in [6.45, 7) is 6.49. The van der Waals surface area contributed by atoms with Gasteiger partial charge in [-0.2, -0.15) is 26.3 Å². The number of alkyl halides is 6. The summed E-state index contributed by atoms with van der Waals surface area (Å²) >= 11 is 1.73. The highest BCUT2D eigenvalue weighted by Crippen LogP contribution is 2.35. The van der Waals surface area contributed by atoms with Crippen LogP contribution in [0.1, 0.15) is 11.4 Å². The molecule has 17 heteroatoms. The smallest absolute Gasteiger partial charge is 0.475 e. The van der Waals surface area contributed by atoms with Crippen molar-refractivity contribution in [1.82, 2.24) is 19.9 Å². The van der Waals surface area contributed by atoms with E-state index in [9.17, 15) is 26.3 Å². The number of aliphatic carboxylic acids is 2. The molecule has 37 heavy (non-hydrogen) atoms. The lowest BCUT2D eigenvalue weighted by Gasteiger charge is -2.31. The van der Waals surface area contributed by atoms with Crippen molar-refractivity contribution in [2.24, 2.45) is 5.41 Å². The molecule has 4 heterocycles. The third kappa shape index (κ3) is 10.1. The molecule has 2 aliphatic heterocycles. The molecule has 0 radical (unpaired) electrons. The Morgan fingerprint density at radius 2 is 1.57 bits per heavy atom. The van der Waals surface area contributed by atoms with Crippen molar-refractivity contribution in [1.29, 1.82) is 0 Å². The van der Waals surface area contributed by atoms with Gasteiger partial charge >= 0.3 is 24.3 Å². The summed E-state index contributed by atoms with van der Waals surface area (Å²) in [6.07, 6.45) is -3.51. The lowest BCUT2D eigenvalue weighted by molar-refractivity contribution is -0.193. The maximum Gasteiger partial charge on any atom is 0.490 e. The summed E-state index contributed by atoms with van der Waals surface area (Å²) in [5.41, 5.74) is 0.174. The van der Waals surface area contributed by atoms with Crippen molar-refractivity contribution >= 4 is 29.2 Å². The van der Waals surface area contributed by atoms with Gasteiger partial charge in [-0.1, -0.05) is 0 Å². The zero-order valence-electron chi connectivity index (χ0n) is 19.1. The number of thiazole rings is 1. The van der Waals surface area contributed by atoms with Crippen LogP contribution in [0.25, 0.3) is 0 Å².